The Bertz CT molecular complexity index is 564. The lowest BCUT2D eigenvalue weighted by atomic mass is 9.85. The third-order valence-electron chi connectivity index (χ3n) is 4.15. The van der Waals surface area contributed by atoms with Crippen LogP contribution in [0.15, 0.2) is 18.2 Å². The maximum absolute atomic E-state index is 12.2. The summed E-state index contributed by atoms with van der Waals surface area (Å²) < 4.78 is 0. The molecule has 0 spiro atoms. The number of likely N-dealkylation sites (N-methyl/N-ethyl adjacent to an activating group) is 1. The maximum Gasteiger partial charge on any atom is 0.236 e. The van der Waals surface area contributed by atoms with Gasteiger partial charge in [-0.15, -0.1) is 0 Å². The molecule has 4 nitrogen and oxygen atoms in total. The average Bonchev–Trinajstić information content (AvgIpc) is 2.61. The van der Waals surface area contributed by atoms with Gasteiger partial charge in [0, 0.05) is 25.7 Å². The van der Waals surface area contributed by atoms with Crippen LogP contribution in [0.2, 0.25) is 0 Å². The third kappa shape index (κ3) is 2.94. The fraction of sp³-hybridized carbons (Fsp3) is 0.529. The zero-order chi connectivity index (χ0) is 15.6. The number of nitrogens with one attached hydrogen (secondary N) is 1. The van der Waals surface area contributed by atoms with Gasteiger partial charge in [-0.3, -0.25) is 9.59 Å². The Balaban J connectivity index is 2.07. The Morgan fingerprint density at radius 1 is 1.33 bits per heavy atom. The van der Waals surface area contributed by atoms with Crippen molar-refractivity contribution in [1.29, 1.82) is 0 Å². The molecule has 2 rings (SSSR count). The van der Waals surface area contributed by atoms with E-state index in [1.165, 1.54) is 0 Å². The number of anilines is 1. The fourth-order valence-corrected chi connectivity index (χ4v) is 2.84. The molecular weight excluding hydrogens is 264 g/mol. The van der Waals surface area contributed by atoms with Gasteiger partial charge in [-0.05, 0) is 43.9 Å². The Morgan fingerprint density at radius 2 is 2.05 bits per heavy atom. The van der Waals surface area contributed by atoms with Gasteiger partial charge < -0.3 is 10.2 Å². The van der Waals surface area contributed by atoms with E-state index >= 15 is 0 Å². The minimum atomic E-state index is -0.467. The smallest absolute Gasteiger partial charge is 0.236 e. The van der Waals surface area contributed by atoms with Crippen molar-refractivity contribution in [2.45, 2.75) is 45.4 Å². The standard InChI is InChI=1S/C17H24N2O2/c1-5-6-15(20)18-10-9-12-7-8-14-13(11-12)17(2,3)16(21)19(14)4/h7-8,11H,5-6,9-10H2,1-4H3,(H,18,20). The van der Waals surface area contributed by atoms with Crippen molar-refractivity contribution in [3.05, 3.63) is 29.3 Å². The molecule has 1 aliphatic rings. The van der Waals surface area contributed by atoms with Crippen LogP contribution >= 0.6 is 0 Å². The summed E-state index contributed by atoms with van der Waals surface area (Å²) in [5.74, 6) is 0.236. The second kappa shape index (κ2) is 5.88. The van der Waals surface area contributed by atoms with E-state index in [9.17, 15) is 9.59 Å². The molecule has 0 radical (unpaired) electrons. The van der Waals surface area contributed by atoms with E-state index in [0.717, 1.165) is 29.7 Å². The van der Waals surface area contributed by atoms with Crippen LogP contribution in [-0.2, 0) is 21.4 Å². The molecule has 4 heteroatoms. The highest BCUT2D eigenvalue weighted by Crippen LogP contribution is 2.40. The lowest BCUT2D eigenvalue weighted by Gasteiger charge is -2.16. The highest BCUT2D eigenvalue weighted by atomic mass is 16.2. The zero-order valence-electron chi connectivity index (χ0n) is 13.3. The Morgan fingerprint density at radius 3 is 2.71 bits per heavy atom. The van der Waals surface area contributed by atoms with Crippen LogP contribution in [-0.4, -0.2) is 25.4 Å². The molecule has 0 aliphatic carbocycles. The molecule has 1 heterocycles. The van der Waals surface area contributed by atoms with Crippen LogP contribution in [0.3, 0.4) is 0 Å². The molecule has 0 fully saturated rings. The number of nitrogens with zero attached hydrogens (tertiary/aromatic N) is 1. The topological polar surface area (TPSA) is 49.4 Å². The minimum absolute atomic E-state index is 0.105. The first-order chi connectivity index (χ1) is 9.87. The first kappa shape index (κ1) is 15.5. The second-order valence-electron chi connectivity index (χ2n) is 6.19. The number of benzene rings is 1. The molecule has 0 aromatic heterocycles. The molecule has 0 saturated heterocycles. The number of amides is 2. The van der Waals surface area contributed by atoms with Crippen LogP contribution in [0, 0.1) is 0 Å². The van der Waals surface area contributed by atoms with Gasteiger partial charge in [0.2, 0.25) is 11.8 Å². The van der Waals surface area contributed by atoms with Crippen LogP contribution in [0.1, 0.15) is 44.7 Å². The molecular formula is C17H24N2O2. The van der Waals surface area contributed by atoms with Crippen molar-refractivity contribution < 1.29 is 9.59 Å². The van der Waals surface area contributed by atoms with E-state index in [-0.39, 0.29) is 11.8 Å². The van der Waals surface area contributed by atoms with Gasteiger partial charge in [0.15, 0.2) is 0 Å². The summed E-state index contributed by atoms with van der Waals surface area (Å²) in [6.07, 6.45) is 2.24. The summed E-state index contributed by atoms with van der Waals surface area (Å²) in [4.78, 5) is 25.4. The molecule has 1 aliphatic heterocycles. The molecule has 0 saturated carbocycles. The molecule has 0 unspecified atom stereocenters. The summed E-state index contributed by atoms with van der Waals surface area (Å²) in [6, 6.07) is 6.14. The van der Waals surface area contributed by atoms with Crippen molar-refractivity contribution in [3.8, 4) is 0 Å². The van der Waals surface area contributed by atoms with Gasteiger partial charge >= 0.3 is 0 Å². The van der Waals surface area contributed by atoms with Crippen molar-refractivity contribution in [2.24, 2.45) is 0 Å². The van der Waals surface area contributed by atoms with Crippen molar-refractivity contribution >= 4 is 17.5 Å². The fourth-order valence-electron chi connectivity index (χ4n) is 2.84. The van der Waals surface area contributed by atoms with E-state index in [1.54, 1.807) is 4.90 Å². The monoisotopic (exact) mass is 288 g/mol. The van der Waals surface area contributed by atoms with Crippen LogP contribution < -0.4 is 10.2 Å². The molecule has 0 bridgehead atoms. The van der Waals surface area contributed by atoms with E-state index in [0.29, 0.717) is 13.0 Å². The minimum Gasteiger partial charge on any atom is -0.356 e. The van der Waals surface area contributed by atoms with Gasteiger partial charge in [-0.1, -0.05) is 19.1 Å². The van der Waals surface area contributed by atoms with Gasteiger partial charge in [-0.2, -0.15) is 0 Å². The van der Waals surface area contributed by atoms with Crippen molar-refractivity contribution in [2.75, 3.05) is 18.5 Å². The summed E-state index contributed by atoms with van der Waals surface area (Å²) in [5.41, 5.74) is 2.75. The Hall–Kier alpha value is -1.84. The SMILES string of the molecule is CCCC(=O)NCCc1ccc2c(c1)C(C)(C)C(=O)N2C. The number of hydrogen-bond acceptors (Lipinski definition) is 2. The summed E-state index contributed by atoms with van der Waals surface area (Å²) in [5, 5.41) is 2.92. The Kier molecular flexibility index (Phi) is 4.35. The zero-order valence-corrected chi connectivity index (χ0v) is 13.3. The molecule has 1 aromatic rings. The molecule has 2 amide bonds. The second-order valence-corrected chi connectivity index (χ2v) is 6.19. The van der Waals surface area contributed by atoms with Crippen LogP contribution in [0.25, 0.3) is 0 Å². The third-order valence-corrected chi connectivity index (χ3v) is 4.15. The summed E-state index contributed by atoms with van der Waals surface area (Å²) >= 11 is 0. The highest BCUT2D eigenvalue weighted by Gasteiger charge is 2.42. The molecule has 1 aromatic carbocycles. The van der Waals surface area contributed by atoms with Crippen LogP contribution in [0.4, 0.5) is 5.69 Å². The lowest BCUT2D eigenvalue weighted by Crippen LogP contribution is -2.33. The Labute approximate surface area is 126 Å². The van der Waals surface area contributed by atoms with E-state index in [4.69, 9.17) is 0 Å². The lowest BCUT2D eigenvalue weighted by molar-refractivity contribution is -0.122. The molecule has 0 atom stereocenters. The number of carbonyl (C=O) groups excluding carboxylic acids is 2. The predicted octanol–water partition coefficient (Wildman–Crippen LogP) is 2.40. The molecule has 21 heavy (non-hydrogen) atoms. The van der Waals surface area contributed by atoms with Crippen molar-refractivity contribution in [3.63, 3.8) is 0 Å². The molecule has 114 valence electrons. The number of fused-ring (bicyclic) bond motifs is 1. The van der Waals surface area contributed by atoms with Gasteiger partial charge in [0.1, 0.15) is 0 Å². The first-order valence-electron chi connectivity index (χ1n) is 7.56. The molecule has 1 N–H and O–H groups in total. The largest absolute Gasteiger partial charge is 0.356 e. The maximum atomic E-state index is 12.2. The van der Waals surface area contributed by atoms with Gasteiger partial charge in [0.05, 0.1) is 5.41 Å². The first-order valence-corrected chi connectivity index (χ1v) is 7.56. The van der Waals surface area contributed by atoms with Crippen LogP contribution in [0.5, 0.6) is 0 Å². The summed E-state index contributed by atoms with van der Waals surface area (Å²) in [6.45, 7) is 6.56. The van der Waals surface area contributed by atoms with E-state index < -0.39 is 5.41 Å². The normalized spacial score (nSPS) is 16.0. The number of carbonyl (C=O) groups is 2. The average molecular weight is 288 g/mol. The summed E-state index contributed by atoms with van der Waals surface area (Å²) in [7, 11) is 1.82. The van der Waals surface area contributed by atoms with Crippen molar-refractivity contribution in [1.82, 2.24) is 5.32 Å². The van der Waals surface area contributed by atoms with E-state index in [1.807, 2.05) is 40.0 Å². The predicted molar refractivity (Wildman–Crippen MR) is 84.5 cm³/mol. The highest BCUT2D eigenvalue weighted by molar-refractivity contribution is 6.07. The number of rotatable bonds is 5. The van der Waals surface area contributed by atoms with Gasteiger partial charge in [-0.25, -0.2) is 0 Å². The quantitative estimate of drug-likeness (QED) is 0.904. The van der Waals surface area contributed by atoms with E-state index in [2.05, 4.69) is 11.4 Å². The number of hydrogen-bond donors (Lipinski definition) is 1. The van der Waals surface area contributed by atoms with Gasteiger partial charge in [0.25, 0.3) is 0 Å².